The van der Waals surface area contributed by atoms with E-state index in [1.807, 2.05) is 76.2 Å². The third-order valence-corrected chi connectivity index (χ3v) is 24.0. The average molecular weight is 1650 g/mol. The number of phenols is 2. The fourth-order valence-electron chi connectivity index (χ4n) is 15.2. The largest absolute Gasteiger partial charge is 0.507 e. The van der Waals surface area contributed by atoms with Crippen LogP contribution in [0.4, 0.5) is 0 Å². The molecule has 0 radical (unpaired) electrons. The summed E-state index contributed by atoms with van der Waals surface area (Å²) in [4.78, 5) is 0. The molecule has 1 atom stereocenters. The lowest BCUT2D eigenvalue weighted by molar-refractivity contribution is 0.413. The molecule has 0 amide bonds. The molecule has 0 fully saturated rings. The first-order valence-corrected chi connectivity index (χ1v) is 43.6. The molecule has 10 aromatic carbocycles. The first-order valence-electron chi connectivity index (χ1n) is 39.3. The molecule has 17 heteroatoms. The van der Waals surface area contributed by atoms with Crippen LogP contribution in [0.2, 0.25) is 0 Å². The third kappa shape index (κ3) is 18.8. The molecule has 2 N–H and O–H groups in total. The zero-order chi connectivity index (χ0) is 84.7. The SMILES string of the molecule is C.COc1cc(C(C)(C)C)c2op(Cl)oc3c(C(C)(C)C)cc(C)cc3c2c1.COc1cc(C(C)(C)C)c2op(Oc3c(C)cc(C)cc3-c3cc(C)cc(C)c3Op3oc4c(C(C)(C)C)cc(C)cc4c4cc(C)cc(C(C)(C)C)c4o3)oc3c(C(C)(C)C)cc(OC)cc3c2c1.Cc1cc(C)c(O)c(-c2cc(C)cc(C)c2O)c1. The van der Waals surface area contributed by atoms with Gasteiger partial charge in [0.15, 0.2) is 0 Å². The number of ether oxygens (including phenoxy) is 3. The number of aromatic hydroxyl groups is 2. The van der Waals surface area contributed by atoms with E-state index in [2.05, 4.69) is 246 Å². The van der Waals surface area contributed by atoms with Crippen molar-refractivity contribution < 1.29 is 58.7 Å². The molecule has 0 saturated carbocycles. The Morgan fingerprint density at radius 1 is 0.267 bits per heavy atom. The fraction of sp³-hybridized carbons (Fsp3) is 0.394. The van der Waals surface area contributed by atoms with Gasteiger partial charge in [-0.2, -0.15) is 0 Å². The smallest absolute Gasteiger partial charge is 0.453 e. The standard InChI is InChI=1S/C60H72O8P2.C22H28ClO3P.C16H18O2.CH4/c1-33-21-37(5)51(63-69-65-53-43(25-35(3)27-47(53)57(7,8)9)44-26-36(4)28-48(54(44)66-69)58(10,11)12)41(23-33)42-24-34(2)22-38(6)52(42)64-70-67-55-45(29-39(61-19)31-49(55)59(13,14)15)46-30-40(62-20)32-50(56(46)68-70)60(16,17)18;1-13-9-15-16-11-14(24-8)12-18(22(5,6)7)20(16)26-27(23)25-19(15)17(10-13)21(2,3)4;1-9-5-11(3)15(17)13(7-9)14-8-10(2)6-12(4)16(14)18;/h21-32H,1-20H3;9-12H,1-8H3;5-8,17-18H,1-4H3;1H4. The molecule has 0 aliphatic rings. The minimum absolute atomic E-state index is 0. The van der Waals surface area contributed by atoms with E-state index in [9.17, 15) is 10.2 Å². The van der Waals surface area contributed by atoms with E-state index in [4.69, 9.17) is 59.7 Å². The highest BCUT2D eigenvalue weighted by molar-refractivity contribution is 7.68. The molecule has 116 heavy (non-hydrogen) atoms. The summed E-state index contributed by atoms with van der Waals surface area (Å²) in [5.74, 6) is 3.97. The summed E-state index contributed by atoms with van der Waals surface area (Å²) in [5, 5.41) is 26.0. The maximum atomic E-state index is 10.2. The molecule has 0 bridgehead atoms. The summed E-state index contributed by atoms with van der Waals surface area (Å²) in [6.07, 6.45) is 0. The number of methoxy groups -OCH3 is 3. The second-order valence-corrected chi connectivity index (χ2v) is 41.1. The Bertz CT molecular complexity index is 5890. The van der Waals surface area contributed by atoms with E-state index in [1.54, 1.807) is 21.3 Å². The van der Waals surface area contributed by atoms with Crippen molar-refractivity contribution in [2.75, 3.05) is 21.3 Å². The van der Waals surface area contributed by atoms with Crippen molar-refractivity contribution >= 4 is 101 Å². The Kier molecular flexibility index (Phi) is 25.6. The van der Waals surface area contributed by atoms with Crippen LogP contribution in [-0.4, -0.2) is 31.5 Å². The highest BCUT2D eigenvalue weighted by Gasteiger charge is 2.32. The Morgan fingerprint density at radius 2 is 0.474 bits per heavy atom. The van der Waals surface area contributed by atoms with E-state index < -0.39 is 23.8 Å². The molecule has 13 nitrogen and oxygen atoms in total. The minimum atomic E-state index is -2.14. The quantitative estimate of drug-likeness (QED) is 0.140. The summed E-state index contributed by atoms with van der Waals surface area (Å²) < 4.78 is 73.0. The van der Waals surface area contributed by atoms with Crippen molar-refractivity contribution in [3.63, 3.8) is 0 Å². The lowest BCUT2D eigenvalue weighted by Gasteiger charge is -2.21. The van der Waals surface area contributed by atoms with Crippen LogP contribution in [0.3, 0.4) is 0 Å². The Balaban J connectivity index is 0.000000249. The first-order chi connectivity index (χ1) is 53.4. The van der Waals surface area contributed by atoms with E-state index >= 15 is 0 Å². The number of phenolic OH excluding ortho intramolecular Hbond substituents is 2. The number of aryl methyl sites for hydroxylation is 11. The van der Waals surface area contributed by atoms with Crippen LogP contribution in [0.25, 0.3) is 88.1 Å². The van der Waals surface area contributed by atoms with Crippen molar-refractivity contribution in [3.05, 3.63) is 216 Å². The average Bonchev–Trinajstić information content (AvgIpc) is 1.56. The normalized spacial score (nSPS) is 12.3. The van der Waals surface area contributed by atoms with Crippen LogP contribution in [-0.2, 0) is 32.5 Å². The molecule has 0 aliphatic carbocycles. The van der Waals surface area contributed by atoms with Gasteiger partial charge in [-0.1, -0.05) is 175 Å². The zero-order valence-corrected chi connectivity index (χ0v) is 77.1. The molecular formula is C99H122ClO13P3. The molecule has 0 saturated heterocycles. The molecule has 618 valence electrons. The highest BCUT2D eigenvalue weighted by atomic mass is 35.7. The maximum absolute atomic E-state index is 10.2. The molecule has 13 aromatic rings. The predicted octanol–water partition coefficient (Wildman–Crippen LogP) is 32.1. The lowest BCUT2D eigenvalue weighted by Crippen LogP contribution is -2.12. The van der Waals surface area contributed by atoms with Crippen LogP contribution in [0.5, 0.6) is 40.2 Å². The van der Waals surface area contributed by atoms with Crippen LogP contribution in [0, 0.1) is 76.2 Å². The van der Waals surface area contributed by atoms with Crippen LogP contribution in [0.1, 0.15) is 227 Å². The molecule has 13 rings (SSSR count). The molecule has 0 spiro atoms. The number of hydrogen-bond acceptors (Lipinski definition) is 13. The van der Waals surface area contributed by atoms with Crippen molar-refractivity contribution in [1.29, 1.82) is 0 Å². The number of benzene rings is 10. The van der Waals surface area contributed by atoms with Gasteiger partial charge in [0.25, 0.3) is 0 Å². The highest BCUT2D eigenvalue weighted by Crippen LogP contribution is 2.54. The molecule has 3 heterocycles. The van der Waals surface area contributed by atoms with Crippen LogP contribution >= 0.6 is 35.1 Å². The van der Waals surface area contributed by atoms with E-state index in [0.717, 1.165) is 161 Å². The fourth-order valence-corrected chi connectivity index (χ4v) is 18.7. The second-order valence-electron chi connectivity index (χ2n) is 37.5. The molecular weight excluding hydrogens is 1530 g/mol. The zero-order valence-electron chi connectivity index (χ0n) is 73.7. The molecule has 0 aliphatic heterocycles. The summed E-state index contributed by atoms with van der Waals surface area (Å²) in [6.45, 7) is 61.9. The Hall–Kier alpha value is -9.21. The van der Waals surface area contributed by atoms with Gasteiger partial charge in [-0.25, -0.2) is 0 Å². The summed E-state index contributed by atoms with van der Waals surface area (Å²) >= 11 is 6.52. The Morgan fingerprint density at radius 3 is 0.716 bits per heavy atom. The third-order valence-electron chi connectivity index (χ3n) is 20.9. The number of hydrogen-bond donors (Lipinski definition) is 2. The van der Waals surface area contributed by atoms with Gasteiger partial charge < -0.3 is 58.7 Å². The van der Waals surface area contributed by atoms with Gasteiger partial charge in [-0.3, -0.25) is 0 Å². The van der Waals surface area contributed by atoms with Gasteiger partial charge in [-0.05, 0) is 249 Å². The summed E-state index contributed by atoms with van der Waals surface area (Å²) in [5.41, 5.74) is 23.7. The van der Waals surface area contributed by atoms with Gasteiger partial charge >= 0.3 is 23.8 Å². The van der Waals surface area contributed by atoms with Crippen LogP contribution in [0.15, 0.2) is 147 Å². The first kappa shape index (κ1) is 89.1. The summed E-state index contributed by atoms with van der Waals surface area (Å²) in [6, 6.07) is 41.7. The van der Waals surface area contributed by atoms with Gasteiger partial charge in [0.2, 0.25) is 0 Å². The maximum Gasteiger partial charge on any atom is 0.453 e. The lowest BCUT2D eigenvalue weighted by atomic mass is 9.83. The second kappa shape index (κ2) is 33.3. The van der Waals surface area contributed by atoms with Crippen LogP contribution < -0.4 is 23.3 Å². The topological polar surface area (TPSA) is 165 Å². The molecule has 3 aromatic heterocycles. The molecule has 1 unspecified atom stereocenters. The van der Waals surface area contributed by atoms with Gasteiger partial charge in [0, 0.05) is 99.2 Å². The monoisotopic (exact) mass is 1650 g/mol. The van der Waals surface area contributed by atoms with E-state index in [1.165, 1.54) is 5.56 Å². The number of halogens is 1. The van der Waals surface area contributed by atoms with Gasteiger partial charge in [-0.15, -0.1) is 0 Å². The van der Waals surface area contributed by atoms with E-state index in [0.29, 0.717) is 45.3 Å². The summed E-state index contributed by atoms with van der Waals surface area (Å²) in [7, 11) is -0.750. The number of fused-ring (bicyclic) bond motifs is 9. The van der Waals surface area contributed by atoms with Crippen molar-refractivity contribution in [1.82, 2.24) is 0 Å². The number of rotatable bonds is 9. The predicted molar refractivity (Wildman–Crippen MR) is 490 cm³/mol. The van der Waals surface area contributed by atoms with E-state index in [-0.39, 0.29) is 51.4 Å². The minimum Gasteiger partial charge on any atom is -0.507 e. The van der Waals surface area contributed by atoms with Crippen molar-refractivity contribution in [2.24, 2.45) is 0 Å². The Labute approximate surface area is 695 Å². The van der Waals surface area contributed by atoms with Gasteiger partial charge in [0.05, 0.1) is 21.3 Å². The van der Waals surface area contributed by atoms with Crippen molar-refractivity contribution in [2.45, 2.75) is 241 Å². The van der Waals surface area contributed by atoms with Gasteiger partial charge in [0.1, 0.15) is 73.7 Å². The van der Waals surface area contributed by atoms with Crippen molar-refractivity contribution in [3.8, 4) is 62.5 Å².